The fourth-order valence-electron chi connectivity index (χ4n) is 6.56. The molecule has 4 aromatic rings. The smallest absolute Gasteiger partial charge is 0.326 e. The Balaban J connectivity index is 1.14. The molecule has 2 fully saturated rings. The number of aryl methyl sites for hydroxylation is 2. The number of piperidine rings is 1. The normalized spacial score (nSPS) is 16.7. The van der Waals surface area contributed by atoms with E-state index < -0.39 is 6.04 Å². The third kappa shape index (κ3) is 5.99. The van der Waals surface area contributed by atoms with Crippen molar-refractivity contribution in [3.8, 4) is 5.75 Å². The number of hydrogen-bond acceptors (Lipinski definition) is 6. The molecule has 11 nitrogen and oxygen atoms in total. The highest BCUT2D eigenvalue weighted by molar-refractivity contribution is 5.87. The molecule has 2 saturated heterocycles. The zero-order chi connectivity index (χ0) is 30.8. The molecular formula is C33H39N7O4. The van der Waals surface area contributed by atoms with Gasteiger partial charge in [0.1, 0.15) is 11.8 Å². The molecule has 3 N–H and O–H groups in total. The highest BCUT2D eigenvalue weighted by atomic mass is 16.3. The standard InChI is InChI=1S/C33H39N7O4/c1-22-19-24(20-23(2)30(22)41)21-28(31(42)38-17-15-37(16-18-38)25-7-11-34-12-8-25)36-32(43)39-13-9-26(10-14-39)40-29-6-4-3-5-27(29)35-33(40)44/h3-8,11-12,19-20,26,28,41H,9-10,13-18,21H2,1-2H3,(H,35,44)(H,36,43). The van der Waals surface area contributed by atoms with Crippen molar-refractivity contribution in [2.45, 2.75) is 45.2 Å². The maximum Gasteiger partial charge on any atom is 0.326 e. The van der Waals surface area contributed by atoms with E-state index in [9.17, 15) is 19.5 Å². The summed E-state index contributed by atoms with van der Waals surface area (Å²) in [5, 5.41) is 13.4. The van der Waals surface area contributed by atoms with Crippen LogP contribution in [0.1, 0.15) is 35.6 Å². The third-order valence-corrected chi connectivity index (χ3v) is 8.95. The van der Waals surface area contributed by atoms with Crippen LogP contribution in [0.15, 0.2) is 65.7 Å². The number of nitrogens with zero attached hydrogens (tertiary/aromatic N) is 5. The van der Waals surface area contributed by atoms with E-state index in [0.29, 0.717) is 58.5 Å². The first kappa shape index (κ1) is 29.3. The van der Waals surface area contributed by atoms with Gasteiger partial charge in [0.05, 0.1) is 11.0 Å². The molecule has 6 rings (SSSR count). The monoisotopic (exact) mass is 597 g/mol. The third-order valence-electron chi connectivity index (χ3n) is 8.95. The summed E-state index contributed by atoms with van der Waals surface area (Å²) < 4.78 is 1.80. The molecule has 0 spiro atoms. The fourth-order valence-corrected chi connectivity index (χ4v) is 6.56. The van der Waals surface area contributed by atoms with Crippen molar-refractivity contribution in [2.24, 2.45) is 0 Å². The van der Waals surface area contributed by atoms with Gasteiger partial charge >= 0.3 is 11.7 Å². The van der Waals surface area contributed by atoms with Gasteiger partial charge < -0.3 is 30.1 Å². The number of aromatic nitrogens is 3. The van der Waals surface area contributed by atoms with Crippen LogP contribution < -0.4 is 15.9 Å². The lowest BCUT2D eigenvalue weighted by atomic mass is 9.99. The first-order valence-corrected chi connectivity index (χ1v) is 15.3. The minimum atomic E-state index is -0.757. The number of rotatable bonds is 6. The van der Waals surface area contributed by atoms with E-state index in [1.807, 2.05) is 67.3 Å². The second-order valence-electron chi connectivity index (χ2n) is 11.8. The molecular weight excluding hydrogens is 558 g/mol. The number of phenols is 1. The molecule has 2 aliphatic rings. The molecule has 2 aliphatic heterocycles. The van der Waals surface area contributed by atoms with Crippen molar-refractivity contribution in [1.29, 1.82) is 0 Å². The number of phenolic OH excluding ortho intramolecular Hbond substituents is 1. The number of anilines is 1. The van der Waals surface area contributed by atoms with Gasteiger partial charge in [-0.2, -0.15) is 0 Å². The van der Waals surface area contributed by atoms with E-state index in [4.69, 9.17) is 0 Å². The number of carbonyl (C=O) groups is 2. The summed E-state index contributed by atoms with van der Waals surface area (Å²) in [6.07, 6.45) is 5.13. The number of H-pyrrole nitrogens is 1. The number of amides is 3. The van der Waals surface area contributed by atoms with Gasteiger partial charge in [0.25, 0.3) is 0 Å². The molecule has 0 bridgehead atoms. The van der Waals surface area contributed by atoms with Crippen LogP contribution in [0.4, 0.5) is 10.5 Å². The quantitative estimate of drug-likeness (QED) is 0.313. The second-order valence-corrected chi connectivity index (χ2v) is 11.8. The number of hydrogen-bond donors (Lipinski definition) is 3. The number of imidazole rings is 1. The number of carbonyl (C=O) groups excluding carboxylic acids is 2. The minimum absolute atomic E-state index is 0.0141. The predicted octanol–water partition coefficient (Wildman–Crippen LogP) is 3.35. The van der Waals surface area contributed by atoms with E-state index in [1.165, 1.54) is 0 Å². The lowest BCUT2D eigenvalue weighted by Crippen LogP contribution is -2.57. The molecule has 44 heavy (non-hydrogen) atoms. The molecule has 4 heterocycles. The van der Waals surface area contributed by atoms with Crippen LogP contribution in [0, 0.1) is 13.8 Å². The van der Waals surface area contributed by atoms with Gasteiger partial charge in [-0.3, -0.25) is 14.3 Å². The van der Waals surface area contributed by atoms with Crippen molar-refractivity contribution < 1.29 is 14.7 Å². The zero-order valence-corrected chi connectivity index (χ0v) is 25.2. The highest BCUT2D eigenvalue weighted by Crippen LogP contribution is 2.26. The number of benzene rings is 2. The van der Waals surface area contributed by atoms with Crippen molar-refractivity contribution >= 4 is 28.7 Å². The van der Waals surface area contributed by atoms with Gasteiger partial charge in [-0.1, -0.05) is 24.3 Å². The predicted molar refractivity (Wildman–Crippen MR) is 169 cm³/mol. The second kappa shape index (κ2) is 12.4. The van der Waals surface area contributed by atoms with Crippen LogP contribution in [-0.4, -0.2) is 86.7 Å². The first-order chi connectivity index (χ1) is 21.3. The molecule has 11 heteroatoms. The van der Waals surface area contributed by atoms with Crippen molar-refractivity contribution in [3.05, 3.63) is 88.1 Å². The minimum Gasteiger partial charge on any atom is -0.507 e. The Bertz CT molecular complexity index is 1680. The number of pyridine rings is 1. The van der Waals surface area contributed by atoms with Crippen LogP contribution in [0.25, 0.3) is 11.0 Å². The maximum absolute atomic E-state index is 13.9. The molecule has 0 aliphatic carbocycles. The lowest BCUT2D eigenvalue weighted by molar-refractivity contribution is -0.133. The fraction of sp³-hybridized carbons (Fsp3) is 0.394. The number of aromatic amines is 1. The van der Waals surface area contributed by atoms with Gasteiger partial charge in [-0.25, -0.2) is 9.59 Å². The van der Waals surface area contributed by atoms with Gasteiger partial charge in [-0.05, 0) is 67.6 Å². The SMILES string of the molecule is Cc1cc(CC(NC(=O)N2CCC(n3c(=O)[nH]c4ccccc43)CC2)C(=O)N2CCN(c3ccncc3)CC2)cc(C)c1O. The molecule has 0 radical (unpaired) electrons. The van der Waals surface area contributed by atoms with Gasteiger partial charge in [0.2, 0.25) is 5.91 Å². The number of para-hydroxylation sites is 2. The summed E-state index contributed by atoms with van der Waals surface area (Å²) >= 11 is 0. The summed E-state index contributed by atoms with van der Waals surface area (Å²) in [6, 6.07) is 14.3. The Morgan fingerprint density at radius 1 is 0.955 bits per heavy atom. The Morgan fingerprint density at radius 2 is 1.61 bits per heavy atom. The lowest BCUT2D eigenvalue weighted by Gasteiger charge is -2.38. The number of fused-ring (bicyclic) bond motifs is 1. The number of likely N-dealkylation sites (tertiary alicyclic amines) is 1. The molecule has 0 saturated carbocycles. The highest BCUT2D eigenvalue weighted by Gasteiger charge is 2.32. The number of nitrogens with one attached hydrogen (secondary N) is 2. The first-order valence-electron chi connectivity index (χ1n) is 15.3. The summed E-state index contributed by atoms with van der Waals surface area (Å²) in [6.45, 7) is 7.10. The van der Waals surface area contributed by atoms with E-state index in [1.54, 1.807) is 21.9 Å². The Labute approximate surface area is 256 Å². The van der Waals surface area contributed by atoms with Crippen LogP contribution in [0.3, 0.4) is 0 Å². The number of urea groups is 1. The Morgan fingerprint density at radius 3 is 2.30 bits per heavy atom. The molecule has 1 unspecified atom stereocenters. The van der Waals surface area contributed by atoms with Gasteiger partial charge in [0, 0.05) is 69.8 Å². The van der Waals surface area contributed by atoms with Crippen LogP contribution >= 0.6 is 0 Å². The topological polar surface area (TPSA) is 127 Å². The van der Waals surface area contributed by atoms with Gasteiger partial charge in [-0.15, -0.1) is 0 Å². The summed E-state index contributed by atoms with van der Waals surface area (Å²) in [5.41, 5.74) is 4.96. The average Bonchev–Trinajstić information content (AvgIpc) is 3.39. The average molecular weight is 598 g/mol. The molecule has 1 atom stereocenters. The Hall–Kier alpha value is -4.80. The largest absolute Gasteiger partial charge is 0.507 e. The van der Waals surface area contributed by atoms with E-state index in [2.05, 4.69) is 20.2 Å². The number of piperazine rings is 1. The van der Waals surface area contributed by atoms with E-state index in [-0.39, 0.29) is 29.4 Å². The molecule has 2 aromatic heterocycles. The summed E-state index contributed by atoms with van der Waals surface area (Å²) in [7, 11) is 0. The zero-order valence-electron chi connectivity index (χ0n) is 25.2. The maximum atomic E-state index is 13.9. The summed E-state index contributed by atoms with van der Waals surface area (Å²) in [4.78, 5) is 53.1. The molecule has 3 amide bonds. The Kier molecular flexibility index (Phi) is 8.28. The van der Waals surface area contributed by atoms with E-state index >= 15 is 0 Å². The van der Waals surface area contributed by atoms with Crippen molar-refractivity contribution in [2.75, 3.05) is 44.2 Å². The molecule has 2 aromatic carbocycles. The van der Waals surface area contributed by atoms with Crippen molar-refractivity contribution in [3.63, 3.8) is 0 Å². The molecule has 230 valence electrons. The van der Waals surface area contributed by atoms with Crippen molar-refractivity contribution in [1.82, 2.24) is 29.7 Å². The van der Waals surface area contributed by atoms with Gasteiger partial charge in [0.15, 0.2) is 0 Å². The van der Waals surface area contributed by atoms with Crippen LogP contribution in [0.5, 0.6) is 5.75 Å². The number of aromatic hydroxyl groups is 1. The van der Waals surface area contributed by atoms with Crippen LogP contribution in [-0.2, 0) is 11.2 Å². The van der Waals surface area contributed by atoms with E-state index in [0.717, 1.165) is 33.4 Å². The summed E-state index contributed by atoms with van der Waals surface area (Å²) in [5.74, 6) is 0.126. The van der Waals surface area contributed by atoms with Crippen LogP contribution in [0.2, 0.25) is 0 Å².